The van der Waals surface area contributed by atoms with Crippen LogP contribution in [0, 0.1) is 6.92 Å². The number of aryl methyl sites for hydroxylation is 1. The van der Waals surface area contributed by atoms with Crippen molar-refractivity contribution in [1.29, 1.82) is 0 Å². The number of hydrogen-bond donors (Lipinski definition) is 1. The standard InChI is InChI=1S/C22H27ClN2O2/c1-15(2)20-7-5-6-16(3)22(20)25(17(4)26)13-12-24-21(27)14-18-8-10-19(23)11-9-18/h5-11,15H,12-14H2,1-4H3,(H,24,27). The zero-order valence-electron chi connectivity index (χ0n) is 16.4. The number of benzene rings is 2. The predicted octanol–water partition coefficient (Wildman–Crippen LogP) is 4.48. The van der Waals surface area contributed by atoms with Crippen molar-refractivity contribution in [2.45, 2.75) is 40.0 Å². The van der Waals surface area contributed by atoms with Crippen molar-refractivity contribution in [1.82, 2.24) is 5.32 Å². The zero-order chi connectivity index (χ0) is 20.0. The number of carbonyl (C=O) groups is 2. The number of rotatable bonds is 7. The first-order valence-electron chi connectivity index (χ1n) is 9.18. The van der Waals surface area contributed by atoms with Gasteiger partial charge >= 0.3 is 0 Å². The minimum Gasteiger partial charge on any atom is -0.354 e. The van der Waals surface area contributed by atoms with Crippen molar-refractivity contribution in [2.75, 3.05) is 18.0 Å². The van der Waals surface area contributed by atoms with E-state index in [0.29, 0.717) is 30.5 Å². The summed E-state index contributed by atoms with van der Waals surface area (Å²) in [5.74, 6) is 0.203. The molecule has 0 aromatic heterocycles. The molecule has 0 spiro atoms. The summed E-state index contributed by atoms with van der Waals surface area (Å²) in [4.78, 5) is 26.2. The van der Waals surface area contributed by atoms with Gasteiger partial charge in [-0.05, 0) is 41.7 Å². The van der Waals surface area contributed by atoms with Gasteiger partial charge in [0, 0.05) is 25.0 Å². The average Bonchev–Trinajstić information content (AvgIpc) is 2.60. The number of hydrogen-bond acceptors (Lipinski definition) is 2. The van der Waals surface area contributed by atoms with Gasteiger partial charge < -0.3 is 10.2 Å². The summed E-state index contributed by atoms with van der Waals surface area (Å²) < 4.78 is 0. The first kappa shape index (κ1) is 21.0. The molecule has 0 unspecified atom stereocenters. The fourth-order valence-electron chi connectivity index (χ4n) is 3.10. The van der Waals surface area contributed by atoms with Crippen LogP contribution >= 0.6 is 11.6 Å². The Balaban J connectivity index is 2.02. The van der Waals surface area contributed by atoms with Crippen LogP contribution in [0.5, 0.6) is 0 Å². The van der Waals surface area contributed by atoms with Gasteiger partial charge in [0.25, 0.3) is 0 Å². The van der Waals surface area contributed by atoms with Crippen molar-refractivity contribution in [3.63, 3.8) is 0 Å². The van der Waals surface area contributed by atoms with Gasteiger partial charge in [-0.15, -0.1) is 0 Å². The number of nitrogens with zero attached hydrogens (tertiary/aromatic N) is 1. The molecule has 5 heteroatoms. The van der Waals surface area contributed by atoms with Gasteiger partial charge in [0.15, 0.2) is 0 Å². The highest BCUT2D eigenvalue weighted by molar-refractivity contribution is 6.30. The number of nitrogens with one attached hydrogen (secondary N) is 1. The van der Waals surface area contributed by atoms with Crippen LogP contribution in [0.1, 0.15) is 43.4 Å². The van der Waals surface area contributed by atoms with Crippen molar-refractivity contribution in [2.24, 2.45) is 0 Å². The van der Waals surface area contributed by atoms with Crippen molar-refractivity contribution >= 4 is 29.1 Å². The quantitative estimate of drug-likeness (QED) is 0.762. The Hall–Kier alpha value is -2.33. The molecule has 0 aliphatic heterocycles. The summed E-state index contributed by atoms with van der Waals surface area (Å²) in [6.45, 7) is 8.64. The molecule has 2 aromatic rings. The molecule has 2 rings (SSSR count). The van der Waals surface area contributed by atoms with Crippen molar-refractivity contribution in [3.8, 4) is 0 Å². The molecule has 0 radical (unpaired) electrons. The molecular formula is C22H27ClN2O2. The molecule has 0 bridgehead atoms. The SMILES string of the molecule is CC(=O)N(CCNC(=O)Cc1ccc(Cl)cc1)c1c(C)cccc1C(C)C. The monoisotopic (exact) mass is 386 g/mol. The van der Waals surface area contributed by atoms with Crippen LogP contribution in [0.25, 0.3) is 0 Å². The lowest BCUT2D eigenvalue weighted by Crippen LogP contribution is -2.39. The zero-order valence-corrected chi connectivity index (χ0v) is 17.1. The van der Waals surface area contributed by atoms with E-state index in [1.54, 1.807) is 24.0 Å². The van der Waals surface area contributed by atoms with Crippen LogP contribution in [0.2, 0.25) is 5.02 Å². The molecule has 0 heterocycles. The summed E-state index contributed by atoms with van der Waals surface area (Å²) in [5, 5.41) is 3.55. The minimum atomic E-state index is -0.0744. The fraction of sp³-hybridized carbons (Fsp3) is 0.364. The Bertz CT molecular complexity index is 800. The Kier molecular flexibility index (Phi) is 7.43. The topological polar surface area (TPSA) is 49.4 Å². The fourth-order valence-corrected chi connectivity index (χ4v) is 3.23. The molecule has 2 amide bonds. The van der Waals surface area contributed by atoms with Crippen LogP contribution in [-0.2, 0) is 16.0 Å². The van der Waals surface area contributed by atoms with Crippen LogP contribution < -0.4 is 10.2 Å². The third-order valence-electron chi connectivity index (χ3n) is 4.48. The largest absolute Gasteiger partial charge is 0.354 e. The van der Waals surface area contributed by atoms with Gasteiger partial charge in [0.2, 0.25) is 11.8 Å². The molecule has 0 saturated heterocycles. The van der Waals surface area contributed by atoms with E-state index in [1.807, 2.05) is 31.2 Å². The molecule has 0 saturated carbocycles. The first-order valence-corrected chi connectivity index (χ1v) is 9.56. The average molecular weight is 387 g/mol. The molecule has 1 N–H and O–H groups in total. The number of halogens is 1. The Morgan fingerprint density at radius 1 is 1.11 bits per heavy atom. The van der Waals surface area contributed by atoms with Crippen molar-refractivity contribution in [3.05, 3.63) is 64.2 Å². The lowest BCUT2D eigenvalue weighted by Gasteiger charge is -2.27. The van der Waals surface area contributed by atoms with Crippen LogP contribution in [0.4, 0.5) is 5.69 Å². The summed E-state index contributed by atoms with van der Waals surface area (Å²) >= 11 is 5.86. The summed E-state index contributed by atoms with van der Waals surface area (Å²) in [5.41, 5.74) is 4.05. The lowest BCUT2D eigenvalue weighted by molar-refractivity contribution is -0.121. The smallest absolute Gasteiger partial charge is 0.224 e. The molecule has 0 fully saturated rings. The number of carbonyl (C=O) groups excluding carboxylic acids is 2. The van der Waals surface area contributed by atoms with E-state index >= 15 is 0 Å². The third-order valence-corrected chi connectivity index (χ3v) is 4.73. The molecular weight excluding hydrogens is 360 g/mol. The van der Waals surface area contributed by atoms with Gasteiger partial charge in [0.1, 0.15) is 0 Å². The molecule has 2 aromatic carbocycles. The second kappa shape index (κ2) is 9.56. The molecule has 4 nitrogen and oxygen atoms in total. The van der Waals surface area contributed by atoms with Gasteiger partial charge in [-0.25, -0.2) is 0 Å². The highest BCUT2D eigenvalue weighted by atomic mass is 35.5. The van der Waals surface area contributed by atoms with Crippen LogP contribution in [0.15, 0.2) is 42.5 Å². The van der Waals surface area contributed by atoms with E-state index in [2.05, 4.69) is 25.2 Å². The van der Waals surface area contributed by atoms with Gasteiger partial charge in [-0.1, -0.05) is 55.8 Å². The van der Waals surface area contributed by atoms with Crippen LogP contribution in [-0.4, -0.2) is 24.9 Å². The Labute approximate surface area is 166 Å². The highest BCUT2D eigenvalue weighted by Gasteiger charge is 2.19. The molecule has 27 heavy (non-hydrogen) atoms. The Morgan fingerprint density at radius 3 is 2.37 bits per heavy atom. The minimum absolute atomic E-state index is 0.0295. The number of para-hydroxylation sites is 1. The Morgan fingerprint density at radius 2 is 1.78 bits per heavy atom. The molecule has 0 atom stereocenters. The van der Waals surface area contributed by atoms with E-state index in [1.165, 1.54) is 0 Å². The second-order valence-electron chi connectivity index (χ2n) is 6.99. The number of amides is 2. The maximum absolute atomic E-state index is 12.3. The number of anilines is 1. The second-order valence-corrected chi connectivity index (χ2v) is 7.43. The van der Waals surface area contributed by atoms with Crippen molar-refractivity contribution < 1.29 is 9.59 Å². The van der Waals surface area contributed by atoms with E-state index in [-0.39, 0.29) is 11.8 Å². The summed E-state index contributed by atoms with van der Waals surface area (Å²) in [7, 11) is 0. The summed E-state index contributed by atoms with van der Waals surface area (Å²) in [6, 6.07) is 13.3. The van der Waals surface area contributed by atoms with E-state index in [9.17, 15) is 9.59 Å². The van der Waals surface area contributed by atoms with Gasteiger partial charge in [0.05, 0.1) is 12.1 Å². The van der Waals surface area contributed by atoms with Gasteiger partial charge in [-0.2, -0.15) is 0 Å². The van der Waals surface area contributed by atoms with E-state index in [0.717, 1.165) is 22.4 Å². The predicted molar refractivity (Wildman–Crippen MR) is 111 cm³/mol. The third kappa shape index (κ3) is 5.83. The normalized spacial score (nSPS) is 10.7. The maximum Gasteiger partial charge on any atom is 0.224 e. The summed E-state index contributed by atoms with van der Waals surface area (Å²) in [6.07, 6.45) is 0.291. The molecule has 0 aliphatic carbocycles. The molecule has 0 aliphatic rings. The maximum atomic E-state index is 12.3. The van der Waals surface area contributed by atoms with Gasteiger partial charge in [-0.3, -0.25) is 9.59 Å². The van der Waals surface area contributed by atoms with Crippen LogP contribution in [0.3, 0.4) is 0 Å². The van der Waals surface area contributed by atoms with E-state index < -0.39 is 0 Å². The molecule has 144 valence electrons. The van der Waals surface area contributed by atoms with E-state index in [4.69, 9.17) is 11.6 Å². The highest BCUT2D eigenvalue weighted by Crippen LogP contribution is 2.30. The lowest BCUT2D eigenvalue weighted by atomic mass is 9.97. The first-order chi connectivity index (χ1) is 12.8.